The van der Waals surface area contributed by atoms with Crippen molar-refractivity contribution in [1.82, 2.24) is 19.8 Å². The van der Waals surface area contributed by atoms with E-state index in [9.17, 15) is 4.79 Å². The van der Waals surface area contributed by atoms with Crippen molar-refractivity contribution in [3.05, 3.63) is 17.3 Å². The number of thiophene rings is 1. The van der Waals surface area contributed by atoms with E-state index >= 15 is 0 Å². The van der Waals surface area contributed by atoms with E-state index in [4.69, 9.17) is 0 Å². The Kier molecular flexibility index (Phi) is 5.50. The van der Waals surface area contributed by atoms with E-state index in [0.29, 0.717) is 5.75 Å². The maximum absolute atomic E-state index is 12.4. The summed E-state index contributed by atoms with van der Waals surface area (Å²) in [5.41, 5.74) is 0. The molecular formula is C16H22N4OS2. The molecular weight excluding hydrogens is 328 g/mol. The minimum atomic E-state index is 0.212. The Balaban J connectivity index is 1.62. The predicted octanol–water partition coefficient (Wildman–Crippen LogP) is 2.51. The highest BCUT2D eigenvalue weighted by molar-refractivity contribution is 8.00. The molecule has 23 heavy (non-hydrogen) atoms. The van der Waals surface area contributed by atoms with E-state index in [0.717, 1.165) is 54.4 Å². The van der Waals surface area contributed by atoms with Crippen LogP contribution in [0.5, 0.6) is 0 Å². The summed E-state index contributed by atoms with van der Waals surface area (Å²) in [6.07, 6.45) is 2.61. The van der Waals surface area contributed by atoms with Crippen molar-refractivity contribution >= 4 is 39.2 Å². The molecule has 7 heteroatoms. The predicted molar refractivity (Wildman–Crippen MR) is 96.2 cm³/mol. The number of thioether (sulfide) groups is 1. The number of carbonyl (C=O) groups excluding carboxylic acids is 1. The number of amides is 1. The topological polar surface area (TPSA) is 49.3 Å². The summed E-state index contributed by atoms with van der Waals surface area (Å²) in [5.74, 6) is 0.665. The molecule has 1 aliphatic heterocycles. The maximum atomic E-state index is 12.4. The van der Waals surface area contributed by atoms with Gasteiger partial charge in [-0.2, -0.15) is 0 Å². The molecule has 1 aliphatic rings. The minimum absolute atomic E-state index is 0.212. The lowest BCUT2D eigenvalue weighted by Crippen LogP contribution is -2.49. The van der Waals surface area contributed by atoms with Crippen LogP contribution in [0.15, 0.2) is 17.4 Å². The summed E-state index contributed by atoms with van der Waals surface area (Å²) in [5, 5.41) is 2.01. The van der Waals surface area contributed by atoms with Gasteiger partial charge in [-0.25, -0.2) is 9.97 Å². The van der Waals surface area contributed by atoms with Crippen LogP contribution in [0.3, 0.4) is 0 Å². The van der Waals surface area contributed by atoms with E-state index in [1.165, 1.54) is 16.6 Å². The van der Waals surface area contributed by atoms with Crippen LogP contribution >= 0.6 is 23.1 Å². The summed E-state index contributed by atoms with van der Waals surface area (Å²) in [6, 6.07) is 2.16. The second-order valence-electron chi connectivity index (χ2n) is 5.57. The first-order valence-corrected chi connectivity index (χ1v) is 9.87. The Morgan fingerprint density at radius 1 is 1.26 bits per heavy atom. The van der Waals surface area contributed by atoms with Gasteiger partial charge in [-0.3, -0.25) is 4.79 Å². The number of aryl methyl sites for hydroxylation is 1. The molecule has 0 spiro atoms. The molecule has 0 aromatic carbocycles. The van der Waals surface area contributed by atoms with Crippen LogP contribution in [0, 0.1) is 0 Å². The van der Waals surface area contributed by atoms with Crippen LogP contribution in [-0.2, 0) is 11.2 Å². The number of rotatable bonds is 5. The van der Waals surface area contributed by atoms with Crippen molar-refractivity contribution in [2.75, 3.05) is 38.5 Å². The fraction of sp³-hybridized carbons (Fsp3) is 0.562. The van der Waals surface area contributed by atoms with E-state index in [-0.39, 0.29) is 5.91 Å². The monoisotopic (exact) mass is 350 g/mol. The van der Waals surface area contributed by atoms with Gasteiger partial charge in [-0.1, -0.05) is 25.6 Å². The highest BCUT2D eigenvalue weighted by Gasteiger charge is 2.20. The number of aromatic nitrogens is 2. The number of hydrogen-bond acceptors (Lipinski definition) is 6. The summed E-state index contributed by atoms with van der Waals surface area (Å²) in [4.78, 5) is 27.8. The van der Waals surface area contributed by atoms with Crippen molar-refractivity contribution in [2.45, 2.75) is 25.3 Å². The third-order valence-electron chi connectivity index (χ3n) is 4.20. The molecule has 0 atom stereocenters. The average Bonchev–Trinajstić information content (AvgIpc) is 3.03. The summed E-state index contributed by atoms with van der Waals surface area (Å²) >= 11 is 3.24. The van der Waals surface area contributed by atoms with E-state index < -0.39 is 0 Å². The zero-order valence-corrected chi connectivity index (χ0v) is 15.3. The Morgan fingerprint density at radius 3 is 2.74 bits per heavy atom. The molecule has 0 bridgehead atoms. The quantitative estimate of drug-likeness (QED) is 0.613. The third-order valence-corrected chi connectivity index (χ3v) is 6.37. The second-order valence-corrected chi connectivity index (χ2v) is 7.65. The Labute approximate surface area is 145 Å². The first kappa shape index (κ1) is 16.7. The lowest BCUT2D eigenvalue weighted by atomic mass is 10.3. The molecule has 0 unspecified atom stereocenters. The van der Waals surface area contributed by atoms with Crippen LogP contribution in [-0.4, -0.2) is 64.2 Å². The standard InChI is InChI=1S/C16H22N4OS2/c1-3-12-9-13-15(17-11-18-16(13)23-12)22-10-14(21)20-7-5-19(4-2)6-8-20/h9,11H,3-8,10H2,1-2H3. The van der Waals surface area contributed by atoms with Gasteiger partial charge in [0.2, 0.25) is 5.91 Å². The van der Waals surface area contributed by atoms with Gasteiger partial charge in [0.1, 0.15) is 16.2 Å². The van der Waals surface area contributed by atoms with Crippen LogP contribution in [0.25, 0.3) is 10.2 Å². The molecule has 1 fully saturated rings. The molecule has 5 nitrogen and oxygen atoms in total. The van der Waals surface area contributed by atoms with Gasteiger partial charge in [0.05, 0.1) is 5.75 Å². The molecule has 1 amide bonds. The van der Waals surface area contributed by atoms with Crippen molar-refractivity contribution in [3.63, 3.8) is 0 Å². The molecule has 3 rings (SSSR count). The highest BCUT2D eigenvalue weighted by Crippen LogP contribution is 2.31. The first-order valence-electron chi connectivity index (χ1n) is 8.07. The van der Waals surface area contributed by atoms with E-state index in [1.807, 2.05) is 4.90 Å². The number of piperazine rings is 1. The third kappa shape index (κ3) is 3.84. The largest absolute Gasteiger partial charge is 0.339 e. The van der Waals surface area contributed by atoms with Gasteiger partial charge in [0.15, 0.2) is 0 Å². The highest BCUT2D eigenvalue weighted by atomic mass is 32.2. The van der Waals surface area contributed by atoms with Crippen LogP contribution in [0.2, 0.25) is 0 Å². The van der Waals surface area contributed by atoms with E-state index in [2.05, 4.69) is 34.8 Å². The molecule has 124 valence electrons. The van der Waals surface area contributed by atoms with Gasteiger partial charge in [0.25, 0.3) is 0 Å². The lowest BCUT2D eigenvalue weighted by Gasteiger charge is -2.34. The Hall–Kier alpha value is -1.18. The number of hydrogen-bond donors (Lipinski definition) is 0. The zero-order valence-electron chi connectivity index (χ0n) is 13.6. The summed E-state index contributed by atoms with van der Waals surface area (Å²) < 4.78 is 0. The Bertz CT molecular complexity index is 680. The summed E-state index contributed by atoms with van der Waals surface area (Å²) in [7, 11) is 0. The molecule has 1 saturated heterocycles. The van der Waals surface area contributed by atoms with Crippen LogP contribution in [0.1, 0.15) is 18.7 Å². The van der Waals surface area contributed by atoms with Crippen molar-refractivity contribution in [2.24, 2.45) is 0 Å². The number of likely N-dealkylation sites (N-methyl/N-ethyl adjacent to an activating group) is 1. The molecule has 0 N–H and O–H groups in total. The van der Waals surface area contributed by atoms with Gasteiger partial charge in [-0.15, -0.1) is 11.3 Å². The maximum Gasteiger partial charge on any atom is 0.233 e. The van der Waals surface area contributed by atoms with Gasteiger partial charge in [0, 0.05) is 36.4 Å². The Morgan fingerprint density at radius 2 is 2.04 bits per heavy atom. The van der Waals surface area contributed by atoms with Crippen molar-refractivity contribution in [1.29, 1.82) is 0 Å². The van der Waals surface area contributed by atoms with Gasteiger partial charge >= 0.3 is 0 Å². The number of fused-ring (bicyclic) bond motifs is 1. The lowest BCUT2D eigenvalue weighted by molar-refractivity contribution is -0.130. The fourth-order valence-electron chi connectivity index (χ4n) is 2.71. The molecule has 2 aromatic heterocycles. The molecule has 2 aromatic rings. The van der Waals surface area contributed by atoms with Crippen LogP contribution < -0.4 is 0 Å². The number of carbonyl (C=O) groups is 1. The smallest absolute Gasteiger partial charge is 0.233 e. The second kappa shape index (κ2) is 7.59. The number of nitrogens with zero attached hydrogens (tertiary/aromatic N) is 4. The molecule has 0 aliphatic carbocycles. The van der Waals surface area contributed by atoms with Crippen LogP contribution in [0.4, 0.5) is 0 Å². The first-order chi connectivity index (χ1) is 11.2. The normalized spacial score (nSPS) is 16.2. The summed E-state index contributed by atoms with van der Waals surface area (Å²) in [6.45, 7) is 9.01. The minimum Gasteiger partial charge on any atom is -0.339 e. The average molecular weight is 351 g/mol. The van der Waals surface area contributed by atoms with Crippen molar-refractivity contribution in [3.8, 4) is 0 Å². The van der Waals surface area contributed by atoms with Gasteiger partial charge in [-0.05, 0) is 19.0 Å². The molecule has 0 saturated carbocycles. The van der Waals surface area contributed by atoms with Crippen molar-refractivity contribution < 1.29 is 4.79 Å². The molecule has 0 radical (unpaired) electrons. The van der Waals surface area contributed by atoms with E-state index in [1.54, 1.807) is 17.7 Å². The zero-order chi connectivity index (χ0) is 16.2. The van der Waals surface area contributed by atoms with Gasteiger partial charge < -0.3 is 9.80 Å². The SMILES string of the molecule is CCc1cc2c(SCC(=O)N3CCN(CC)CC3)ncnc2s1. The molecule has 3 heterocycles. The fourth-order valence-corrected chi connectivity index (χ4v) is 4.58.